The number of benzene rings is 2. The van der Waals surface area contributed by atoms with E-state index >= 15 is 0 Å². The molecule has 5 rings (SSSR count). The molecular formula is C31H35N5O6. The average molecular weight is 574 g/mol. The van der Waals surface area contributed by atoms with Crippen LogP contribution in [0.15, 0.2) is 60.7 Å². The topological polar surface area (TPSA) is 134 Å². The van der Waals surface area contributed by atoms with E-state index in [-0.39, 0.29) is 43.2 Å². The number of rotatable bonds is 8. The SMILES string of the molecule is CCOC(=O)N1CCN(C(=O)[C@@H](NC(=O)c2cc(OC3CCCC3)nc(-c3ccccc3)n2)c2ccc(O)cc2)CC1. The van der Waals surface area contributed by atoms with Gasteiger partial charge in [0.1, 0.15) is 23.6 Å². The number of carbonyl (C=O) groups excluding carboxylic acids is 3. The first-order chi connectivity index (χ1) is 20.4. The summed E-state index contributed by atoms with van der Waals surface area (Å²) < 4.78 is 11.2. The number of nitrogens with one attached hydrogen (secondary N) is 1. The van der Waals surface area contributed by atoms with Gasteiger partial charge in [-0.15, -0.1) is 0 Å². The van der Waals surface area contributed by atoms with Crippen molar-refractivity contribution in [1.82, 2.24) is 25.1 Å². The van der Waals surface area contributed by atoms with Gasteiger partial charge in [-0.3, -0.25) is 9.59 Å². The van der Waals surface area contributed by atoms with Gasteiger partial charge in [0.05, 0.1) is 6.61 Å². The maximum atomic E-state index is 13.8. The van der Waals surface area contributed by atoms with E-state index in [2.05, 4.69) is 15.3 Å². The van der Waals surface area contributed by atoms with Crippen LogP contribution in [-0.4, -0.2) is 81.7 Å². The number of nitrogens with zero attached hydrogens (tertiary/aromatic N) is 4. The molecule has 3 amide bonds. The minimum Gasteiger partial charge on any atom is -0.508 e. The summed E-state index contributed by atoms with van der Waals surface area (Å²) in [5, 5.41) is 12.7. The molecule has 2 aromatic carbocycles. The van der Waals surface area contributed by atoms with Gasteiger partial charge < -0.3 is 29.7 Å². The van der Waals surface area contributed by atoms with Crippen molar-refractivity contribution in [2.75, 3.05) is 32.8 Å². The number of carbonyl (C=O) groups is 3. The molecule has 2 heterocycles. The number of phenolic OH excluding ortho intramolecular Hbond substituents is 1. The van der Waals surface area contributed by atoms with Crippen molar-refractivity contribution in [2.45, 2.75) is 44.8 Å². The molecule has 0 unspecified atom stereocenters. The Balaban J connectivity index is 1.40. The second-order valence-electron chi connectivity index (χ2n) is 10.3. The molecule has 3 aromatic rings. The third-order valence-corrected chi connectivity index (χ3v) is 7.42. The van der Waals surface area contributed by atoms with Crippen molar-refractivity contribution in [3.8, 4) is 23.0 Å². The molecule has 2 aliphatic rings. The molecule has 220 valence electrons. The normalized spacial score (nSPS) is 16.1. The summed E-state index contributed by atoms with van der Waals surface area (Å²) in [6.07, 6.45) is 3.62. The number of aromatic nitrogens is 2. The first kappa shape index (κ1) is 28.8. The summed E-state index contributed by atoms with van der Waals surface area (Å²) in [5.41, 5.74) is 1.30. The highest BCUT2D eigenvalue weighted by atomic mass is 16.6. The standard InChI is InChI=1S/C31H35N5O6/c1-2-41-31(40)36-18-16-35(17-19-36)30(39)27(21-12-14-23(37)15-13-21)34-29(38)25-20-26(42-24-10-6-7-11-24)33-28(32-25)22-8-4-3-5-9-22/h3-5,8-9,12-15,20,24,27,37H,2,6-7,10-11,16-19H2,1H3,(H,34,38)/t27-/m0/s1. The van der Waals surface area contributed by atoms with Crippen LogP contribution in [0.1, 0.15) is 54.7 Å². The first-order valence-electron chi connectivity index (χ1n) is 14.3. The number of phenols is 1. The smallest absolute Gasteiger partial charge is 0.409 e. The lowest BCUT2D eigenvalue weighted by atomic mass is 10.0. The molecule has 1 atom stereocenters. The van der Waals surface area contributed by atoms with Gasteiger partial charge in [-0.2, -0.15) is 4.98 Å². The van der Waals surface area contributed by atoms with Crippen LogP contribution in [0.3, 0.4) is 0 Å². The van der Waals surface area contributed by atoms with Crippen molar-refractivity contribution in [3.05, 3.63) is 71.9 Å². The summed E-state index contributed by atoms with van der Waals surface area (Å²) in [7, 11) is 0. The Kier molecular flexibility index (Phi) is 9.15. The Bertz CT molecular complexity index is 1390. The first-order valence-corrected chi connectivity index (χ1v) is 14.3. The van der Waals surface area contributed by atoms with Crippen molar-refractivity contribution >= 4 is 17.9 Å². The molecule has 0 bridgehead atoms. The number of amides is 3. The van der Waals surface area contributed by atoms with Gasteiger partial charge >= 0.3 is 6.09 Å². The van der Waals surface area contributed by atoms with Gasteiger partial charge in [-0.1, -0.05) is 42.5 Å². The molecule has 1 aromatic heterocycles. The zero-order chi connectivity index (χ0) is 29.5. The second-order valence-corrected chi connectivity index (χ2v) is 10.3. The molecule has 42 heavy (non-hydrogen) atoms. The van der Waals surface area contributed by atoms with Crippen molar-refractivity contribution in [2.24, 2.45) is 0 Å². The maximum Gasteiger partial charge on any atom is 0.409 e. The van der Waals surface area contributed by atoms with Gasteiger partial charge in [0.2, 0.25) is 11.8 Å². The molecular weight excluding hydrogens is 538 g/mol. The zero-order valence-electron chi connectivity index (χ0n) is 23.6. The predicted molar refractivity (Wildman–Crippen MR) is 154 cm³/mol. The van der Waals surface area contributed by atoms with E-state index in [1.165, 1.54) is 18.2 Å². The highest BCUT2D eigenvalue weighted by Gasteiger charge is 2.32. The van der Waals surface area contributed by atoms with Gasteiger partial charge in [0.25, 0.3) is 5.91 Å². The van der Waals surface area contributed by atoms with E-state index in [0.717, 1.165) is 31.2 Å². The summed E-state index contributed by atoms with van der Waals surface area (Å²) in [6, 6.07) is 15.9. The van der Waals surface area contributed by atoms with Crippen LogP contribution in [0.4, 0.5) is 4.79 Å². The fourth-order valence-corrected chi connectivity index (χ4v) is 5.16. The fraction of sp³-hybridized carbons (Fsp3) is 0.387. The number of hydrogen-bond acceptors (Lipinski definition) is 8. The average Bonchev–Trinajstić information content (AvgIpc) is 3.53. The van der Waals surface area contributed by atoms with Crippen LogP contribution in [0.2, 0.25) is 0 Å². The molecule has 2 N–H and O–H groups in total. The third kappa shape index (κ3) is 6.96. The molecule has 0 spiro atoms. The number of aromatic hydroxyl groups is 1. The molecule has 1 saturated heterocycles. The van der Waals surface area contributed by atoms with Gasteiger partial charge in [0, 0.05) is 37.8 Å². The molecule has 1 saturated carbocycles. The predicted octanol–water partition coefficient (Wildman–Crippen LogP) is 3.94. The Hall–Kier alpha value is -4.67. The summed E-state index contributed by atoms with van der Waals surface area (Å²) in [5.74, 6) is -0.210. The molecule has 1 aliphatic heterocycles. The van der Waals surface area contributed by atoms with E-state index in [1.807, 2.05) is 30.3 Å². The number of piperazine rings is 1. The summed E-state index contributed by atoms with van der Waals surface area (Å²) >= 11 is 0. The molecule has 2 fully saturated rings. The van der Waals surface area contributed by atoms with Crippen molar-refractivity contribution in [1.29, 1.82) is 0 Å². The lowest BCUT2D eigenvalue weighted by Gasteiger charge is -2.36. The van der Waals surface area contributed by atoms with Crippen LogP contribution in [0.25, 0.3) is 11.4 Å². The highest BCUT2D eigenvalue weighted by molar-refractivity contribution is 5.97. The lowest BCUT2D eigenvalue weighted by molar-refractivity contribution is -0.135. The van der Waals surface area contributed by atoms with Crippen LogP contribution < -0.4 is 10.1 Å². The molecule has 11 heteroatoms. The lowest BCUT2D eigenvalue weighted by Crippen LogP contribution is -2.53. The molecule has 11 nitrogen and oxygen atoms in total. The molecule has 1 aliphatic carbocycles. The third-order valence-electron chi connectivity index (χ3n) is 7.42. The van der Waals surface area contributed by atoms with E-state index in [4.69, 9.17) is 9.47 Å². The van der Waals surface area contributed by atoms with Gasteiger partial charge in [0.15, 0.2) is 5.82 Å². The summed E-state index contributed by atoms with van der Waals surface area (Å²) in [6.45, 7) is 3.21. The van der Waals surface area contributed by atoms with Crippen LogP contribution in [0.5, 0.6) is 11.6 Å². The van der Waals surface area contributed by atoms with Crippen LogP contribution >= 0.6 is 0 Å². The largest absolute Gasteiger partial charge is 0.508 e. The monoisotopic (exact) mass is 573 g/mol. The van der Waals surface area contributed by atoms with E-state index < -0.39 is 18.0 Å². The number of ether oxygens (including phenoxy) is 2. The highest BCUT2D eigenvalue weighted by Crippen LogP contribution is 2.26. The maximum absolute atomic E-state index is 13.8. The van der Waals surface area contributed by atoms with Crippen LogP contribution in [-0.2, 0) is 9.53 Å². The van der Waals surface area contributed by atoms with Gasteiger partial charge in [-0.25, -0.2) is 9.78 Å². The Morgan fingerprint density at radius 2 is 1.62 bits per heavy atom. The zero-order valence-corrected chi connectivity index (χ0v) is 23.6. The minimum atomic E-state index is -1.05. The summed E-state index contributed by atoms with van der Waals surface area (Å²) in [4.78, 5) is 51.9. The van der Waals surface area contributed by atoms with E-state index in [0.29, 0.717) is 30.4 Å². The fourth-order valence-electron chi connectivity index (χ4n) is 5.16. The quantitative estimate of drug-likeness (QED) is 0.414. The van der Waals surface area contributed by atoms with E-state index in [9.17, 15) is 19.5 Å². The second kappa shape index (κ2) is 13.3. The Labute approximate surface area is 244 Å². The molecule has 0 radical (unpaired) electrons. The van der Waals surface area contributed by atoms with Gasteiger partial charge in [-0.05, 0) is 50.3 Å². The Morgan fingerprint density at radius 1 is 0.952 bits per heavy atom. The minimum absolute atomic E-state index is 0.0269. The van der Waals surface area contributed by atoms with Crippen molar-refractivity contribution < 1.29 is 29.0 Å². The van der Waals surface area contributed by atoms with E-state index in [1.54, 1.807) is 28.9 Å². The van der Waals surface area contributed by atoms with Crippen molar-refractivity contribution in [3.63, 3.8) is 0 Å². The Morgan fingerprint density at radius 3 is 2.29 bits per heavy atom. The number of hydrogen-bond donors (Lipinski definition) is 2. The van der Waals surface area contributed by atoms with Crippen LogP contribution in [0, 0.1) is 0 Å².